The van der Waals surface area contributed by atoms with Crippen molar-refractivity contribution in [3.63, 3.8) is 0 Å². The molecule has 0 aliphatic rings. The van der Waals surface area contributed by atoms with Gasteiger partial charge in [0.2, 0.25) is 5.95 Å². The van der Waals surface area contributed by atoms with Crippen molar-refractivity contribution in [2.45, 2.75) is 13.5 Å². The van der Waals surface area contributed by atoms with E-state index in [1.54, 1.807) is 19.4 Å². The van der Waals surface area contributed by atoms with Crippen LogP contribution in [0.5, 0.6) is 0 Å². The summed E-state index contributed by atoms with van der Waals surface area (Å²) in [4.78, 5) is 30.9. The van der Waals surface area contributed by atoms with Crippen LogP contribution >= 0.6 is 0 Å². The predicted octanol–water partition coefficient (Wildman–Crippen LogP) is 0.367. The summed E-state index contributed by atoms with van der Waals surface area (Å²) in [5.74, 6) is 1.01. The van der Waals surface area contributed by atoms with Gasteiger partial charge in [0.25, 0.3) is 5.56 Å². The minimum absolute atomic E-state index is 0.169. The van der Waals surface area contributed by atoms with Gasteiger partial charge in [-0.25, -0.2) is 15.0 Å². The van der Waals surface area contributed by atoms with Gasteiger partial charge in [0.1, 0.15) is 11.3 Å². The zero-order valence-electron chi connectivity index (χ0n) is 11.1. The van der Waals surface area contributed by atoms with Crippen LogP contribution in [0, 0.1) is 6.92 Å². The molecule has 0 bridgehead atoms. The third-order valence-electron chi connectivity index (χ3n) is 2.79. The number of hydrogen-bond acceptors (Lipinski definition) is 6. The van der Waals surface area contributed by atoms with Crippen molar-refractivity contribution in [1.29, 1.82) is 0 Å². The summed E-state index contributed by atoms with van der Waals surface area (Å²) in [5.41, 5.74) is 1.99. The standard InChI is InChI=1S/C12H13N7O/c1-7-3-10(20)17-9(16-7)5-14-12-13-4-8-11(18-12)19(2)6-15-8/h3-4,6H,5H2,1-2H3,(H,13,14,18)(H,16,17,20). The molecule has 0 aromatic carbocycles. The maximum atomic E-state index is 11.3. The zero-order valence-corrected chi connectivity index (χ0v) is 11.1. The maximum absolute atomic E-state index is 11.3. The number of rotatable bonds is 3. The van der Waals surface area contributed by atoms with Crippen LogP contribution < -0.4 is 10.9 Å². The van der Waals surface area contributed by atoms with E-state index in [9.17, 15) is 4.79 Å². The van der Waals surface area contributed by atoms with E-state index in [4.69, 9.17) is 0 Å². The van der Waals surface area contributed by atoms with E-state index < -0.39 is 0 Å². The van der Waals surface area contributed by atoms with Gasteiger partial charge in [0.05, 0.1) is 19.1 Å². The highest BCUT2D eigenvalue weighted by Crippen LogP contribution is 2.09. The molecule has 0 fully saturated rings. The van der Waals surface area contributed by atoms with Gasteiger partial charge in [-0.15, -0.1) is 0 Å². The molecule has 3 rings (SSSR count). The van der Waals surface area contributed by atoms with Crippen molar-refractivity contribution in [2.75, 3.05) is 5.32 Å². The van der Waals surface area contributed by atoms with E-state index in [2.05, 4.69) is 30.2 Å². The molecule has 0 atom stereocenters. The Bertz CT molecular complexity index is 820. The smallest absolute Gasteiger partial charge is 0.251 e. The number of anilines is 1. The molecule has 20 heavy (non-hydrogen) atoms. The Morgan fingerprint density at radius 1 is 1.35 bits per heavy atom. The van der Waals surface area contributed by atoms with E-state index in [-0.39, 0.29) is 5.56 Å². The number of hydrogen-bond donors (Lipinski definition) is 2. The third-order valence-corrected chi connectivity index (χ3v) is 2.79. The Morgan fingerprint density at radius 3 is 3.00 bits per heavy atom. The average molecular weight is 271 g/mol. The first kappa shape index (κ1) is 12.3. The topological polar surface area (TPSA) is 101 Å². The Morgan fingerprint density at radius 2 is 2.20 bits per heavy atom. The molecule has 0 radical (unpaired) electrons. The minimum atomic E-state index is -0.169. The number of nitrogens with one attached hydrogen (secondary N) is 2. The summed E-state index contributed by atoms with van der Waals surface area (Å²) < 4.78 is 1.81. The number of fused-ring (bicyclic) bond motifs is 1. The molecule has 0 spiro atoms. The summed E-state index contributed by atoms with van der Waals surface area (Å²) in [6, 6.07) is 1.45. The van der Waals surface area contributed by atoms with Crippen LogP contribution in [0.25, 0.3) is 11.2 Å². The molecule has 3 aromatic heterocycles. The fourth-order valence-corrected chi connectivity index (χ4v) is 1.89. The van der Waals surface area contributed by atoms with Crippen LogP contribution in [0.3, 0.4) is 0 Å². The molecule has 8 heteroatoms. The Hall–Kier alpha value is -2.77. The Balaban J connectivity index is 1.82. The first-order valence-corrected chi connectivity index (χ1v) is 6.06. The van der Waals surface area contributed by atoms with Gasteiger partial charge in [-0.1, -0.05) is 0 Å². The zero-order chi connectivity index (χ0) is 14.1. The number of H-pyrrole nitrogens is 1. The minimum Gasteiger partial charge on any atom is -0.347 e. The van der Waals surface area contributed by atoms with Crippen LogP contribution in [0.1, 0.15) is 11.5 Å². The Labute approximate surface area is 113 Å². The lowest BCUT2D eigenvalue weighted by Gasteiger charge is -2.04. The highest BCUT2D eigenvalue weighted by molar-refractivity contribution is 5.70. The summed E-state index contributed by atoms with van der Waals surface area (Å²) in [5, 5.41) is 3.03. The lowest BCUT2D eigenvalue weighted by atomic mass is 10.4. The van der Waals surface area contributed by atoms with Gasteiger partial charge in [-0.05, 0) is 6.92 Å². The highest BCUT2D eigenvalue weighted by atomic mass is 16.1. The van der Waals surface area contributed by atoms with Crippen LogP contribution in [-0.2, 0) is 13.6 Å². The first-order valence-electron chi connectivity index (χ1n) is 6.06. The van der Waals surface area contributed by atoms with Crippen molar-refractivity contribution >= 4 is 17.1 Å². The van der Waals surface area contributed by atoms with Crippen molar-refractivity contribution in [3.05, 3.63) is 40.5 Å². The quantitative estimate of drug-likeness (QED) is 0.713. The molecule has 0 aliphatic carbocycles. The van der Waals surface area contributed by atoms with Gasteiger partial charge in [-0.3, -0.25) is 4.79 Å². The van der Waals surface area contributed by atoms with E-state index >= 15 is 0 Å². The molecule has 0 saturated carbocycles. The molecule has 0 unspecified atom stereocenters. The van der Waals surface area contributed by atoms with Gasteiger partial charge >= 0.3 is 0 Å². The van der Waals surface area contributed by atoms with Gasteiger partial charge < -0.3 is 14.9 Å². The third kappa shape index (κ3) is 2.35. The highest BCUT2D eigenvalue weighted by Gasteiger charge is 2.05. The fourth-order valence-electron chi connectivity index (χ4n) is 1.89. The van der Waals surface area contributed by atoms with Gasteiger partial charge in [0.15, 0.2) is 5.65 Å². The second-order valence-electron chi connectivity index (χ2n) is 4.44. The van der Waals surface area contributed by atoms with Crippen LogP contribution in [0.2, 0.25) is 0 Å². The lowest BCUT2D eigenvalue weighted by Crippen LogP contribution is -2.15. The summed E-state index contributed by atoms with van der Waals surface area (Å²) >= 11 is 0. The molecule has 0 saturated heterocycles. The second kappa shape index (κ2) is 4.72. The molecule has 3 heterocycles. The van der Waals surface area contributed by atoms with E-state index in [0.29, 0.717) is 24.0 Å². The number of aromatic amines is 1. The molecule has 0 aliphatic heterocycles. The summed E-state index contributed by atoms with van der Waals surface area (Å²) in [6.45, 7) is 2.12. The molecule has 2 N–H and O–H groups in total. The lowest BCUT2D eigenvalue weighted by molar-refractivity contribution is 0.890. The van der Waals surface area contributed by atoms with Crippen molar-refractivity contribution in [1.82, 2.24) is 29.5 Å². The predicted molar refractivity (Wildman–Crippen MR) is 73.2 cm³/mol. The SMILES string of the molecule is Cc1cc(=O)[nH]c(CNc2ncc3ncn(C)c3n2)n1. The fraction of sp³-hybridized carbons (Fsp3) is 0.250. The molecular weight excluding hydrogens is 258 g/mol. The number of aromatic nitrogens is 6. The monoisotopic (exact) mass is 271 g/mol. The normalized spacial score (nSPS) is 10.9. The Kier molecular flexibility index (Phi) is 2.90. The largest absolute Gasteiger partial charge is 0.347 e. The van der Waals surface area contributed by atoms with E-state index in [1.165, 1.54) is 6.07 Å². The van der Waals surface area contributed by atoms with Crippen molar-refractivity contribution in [2.24, 2.45) is 7.05 Å². The van der Waals surface area contributed by atoms with E-state index in [1.807, 2.05) is 11.6 Å². The molecule has 0 amide bonds. The van der Waals surface area contributed by atoms with Gasteiger partial charge in [-0.2, -0.15) is 4.98 Å². The summed E-state index contributed by atoms with van der Waals surface area (Å²) in [7, 11) is 1.87. The first-order chi connectivity index (χ1) is 9.61. The molecule has 3 aromatic rings. The number of imidazole rings is 1. The van der Waals surface area contributed by atoms with E-state index in [0.717, 1.165) is 11.2 Å². The molecule has 102 valence electrons. The van der Waals surface area contributed by atoms with Gasteiger partial charge in [0, 0.05) is 18.8 Å². The number of nitrogens with zero attached hydrogens (tertiary/aromatic N) is 5. The maximum Gasteiger partial charge on any atom is 0.251 e. The molecule has 8 nitrogen and oxygen atoms in total. The van der Waals surface area contributed by atoms with Crippen molar-refractivity contribution in [3.8, 4) is 0 Å². The van der Waals surface area contributed by atoms with Crippen molar-refractivity contribution < 1.29 is 0 Å². The van der Waals surface area contributed by atoms with Crippen LogP contribution in [-0.4, -0.2) is 29.5 Å². The summed E-state index contributed by atoms with van der Waals surface area (Å²) in [6.07, 6.45) is 3.33. The van der Waals surface area contributed by atoms with Crippen LogP contribution in [0.4, 0.5) is 5.95 Å². The number of aryl methyl sites for hydroxylation is 2. The average Bonchev–Trinajstić information content (AvgIpc) is 2.77. The second-order valence-corrected chi connectivity index (χ2v) is 4.44. The van der Waals surface area contributed by atoms with Crippen LogP contribution in [0.15, 0.2) is 23.4 Å². The molecular formula is C12H13N7O.